The SMILES string of the molecule is COC(=O)CCc1ccc(-c2nc3ccc(Sc4ccc(Cl)cc4)cc3o2)cc1. The Kier molecular flexibility index (Phi) is 5.88. The third kappa shape index (κ3) is 4.81. The molecule has 0 N–H and O–H groups in total. The molecule has 3 aromatic carbocycles. The van der Waals surface area contributed by atoms with Crippen LogP contribution in [0.2, 0.25) is 5.02 Å². The van der Waals surface area contributed by atoms with E-state index in [1.165, 1.54) is 7.11 Å². The number of aryl methyl sites for hydroxylation is 1. The summed E-state index contributed by atoms with van der Waals surface area (Å²) >= 11 is 7.59. The van der Waals surface area contributed by atoms with E-state index in [0.717, 1.165) is 37.0 Å². The fraction of sp³-hybridized carbons (Fsp3) is 0.130. The van der Waals surface area contributed by atoms with Crippen LogP contribution in [0, 0.1) is 0 Å². The predicted octanol–water partition coefficient (Wildman–Crippen LogP) is 6.41. The van der Waals surface area contributed by atoms with Crippen molar-refractivity contribution in [3.63, 3.8) is 0 Å². The molecule has 0 saturated carbocycles. The van der Waals surface area contributed by atoms with Gasteiger partial charge in [0.25, 0.3) is 0 Å². The molecule has 0 bridgehead atoms. The molecule has 1 aromatic heterocycles. The summed E-state index contributed by atoms with van der Waals surface area (Å²) < 4.78 is 10.7. The Morgan fingerprint density at radius 1 is 1.03 bits per heavy atom. The Labute approximate surface area is 177 Å². The standard InChI is InChI=1S/C23H18ClNO3S/c1-27-22(26)13-4-15-2-5-16(6-3-15)23-25-20-12-11-19(14-21(20)28-23)29-18-9-7-17(24)8-10-18/h2-3,5-12,14H,4,13H2,1H3. The lowest BCUT2D eigenvalue weighted by molar-refractivity contribution is -0.140. The van der Waals surface area contributed by atoms with E-state index in [1.807, 2.05) is 66.7 Å². The van der Waals surface area contributed by atoms with Crippen LogP contribution < -0.4 is 0 Å². The lowest BCUT2D eigenvalue weighted by atomic mass is 10.1. The zero-order valence-corrected chi connectivity index (χ0v) is 17.3. The number of hydrogen-bond acceptors (Lipinski definition) is 5. The molecule has 0 amide bonds. The van der Waals surface area contributed by atoms with Crippen molar-refractivity contribution in [1.82, 2.24) is 4.98 Å². The zero-order valence-electron chi connectivity index (χ0n) is 15.7. The van der Waals surface area contributed by atoms with Crippen molar-refractivity contribution in [1.29, 1.82) is 0 Å². The number of halogens is 1. The van der Waals surface area contributed by atoms with Gasteiger partial charge in [0.05, 0.1) is 7.11 Å². The predicted molar refractivity (Wildman–Crippen MR) is 115 cm³/mol. The van der Waals surface area contributed by atoms with Crippen LogP contribution >= 0.6 is 23.4 Å². The summed E-state index contributed by atoms with van der Waals surface area (Å²) in [7, 11) is 1.40. The summed E-state index contributed by atoms with van der Waals surface area (Å²) in [5, 5.41) is 0.723. The highest BCUT2D eigenvalue weighted by atomic mass is 35.5. The summed E-state index contributed by atoms with van der Waals surface area (Å²) in [4.78, 5) is 18.0. The molecule has 0 aliphatic rings. The van der Waals surface area contributed by atoms with Gasteiger partial charge in [0, 0.05) is 26.8 Å². The van der Waals surface area contributed by atoms with E-state index in [2.05, 4.69) is 9.72 Å². The van der Waals surface area contributed by atoms with Crippen LogP contribution in [0.5, 0.6) is 0 Å². The molecule has 6 heteroatoms. The number of methoxy groups -OCH3 is 1. The minimum Gasteiger partial charge on any atom is -0.469 e. The number of fused-ring (bicyclic) bond motifs is 1. The lowest BCUT2D eigenvalue weighted by Crippen LogP contribution is -2.01. The quantitative estimate of drug-likeness (QED) is 0.335. The Bertz CT molecular complexity index is 1140. The van der Waals surface area contributed by atoms with Gasteiger partial charge in [-0.15, -0.1) is 0 Å². The van der Waals surface area contributed by atoms with Gasteiger partial charge in [0.1, 0.15) is 5.52 Å². The van der Waals surface area contributed by atoms with E-state index < -0.39 is 0 Å². The van der Waals surface area contributed by atoms with E-state index in [-0.39, 0.29) is 5.97 Å². The van der Waals surface area contributed by atoms with Gasteiger partial charge < -0.3 is 9.15 Å². The minimum absolute atomic E-state index is 0.208. The average Bonchev–Trinajstić information content (AvgIpc) is 3.17. The van der Waals surface area contributed by atoms with Crippen LogP contribution in [0.1, 0.15) is 12.0 Å². The van der Waals surface area contributed by atoms with Gasteiger partial charge in [-0.1, -0.05) is 35.5 Å². The first-order valence-corrected chi connectivity index (χ1v) is 10.3. The van der Waals surface area contributed by atoms with Gasteiger partial charge in [-0.25, -0.2) is 4.98 Å². The summed E-state index contributed by atoms with van der Waals surface area (Å²) in [6.45, 7) is 0. The molecule has 29 heavy (non-hydrogen) atoms. The molecule has 0 unspecified atom stereocenters. The van der Waals surface area contributed by atoms with Crippen molar-refractivity contribution in [3.8, 4) is 11.5 Å². The molecule has 4 aromatic rings. The molecular formula is C23H18ClNO3S. The van der Waals surface area contributed by atoms with Crippen molar-refractivity contribution in [2.45, 2.75) is 22.6 Å². The molecule has 4 rings (SSSR count). The van der Waals surface area contributed by atoms with Crippen molar-refractivity contribution >= 4 is 40.4 Å². The molecule has 4 nitrogen and oxygen atoms in total. The largest absolute Gasteiger partial charge is 0.469 e. The summed E-state index contributed by atoms with van der Waals surface area (Å²) in [6.07, 6.45) is 1.01. The van der Waals surface area contributed by atoms with Gasteiger partial charge in [-0.3, -0.25) is 4.79 Å². The normalized spacial score (nSPS) is 11.0. The second-order valence-corrected chi connectivity index (χ2v) is 8.06. The maximum absolute atomic E-state index is 11.3. The number of aromatic nitrogens is 1. The maximum Gasteiger partial charge on any atom is 0.305 e. The molecule has 0 fully saturated rings. The van der Waals surface area contributed by atoms with Gasteiger partial charge in [-0.05, 0) is 66.6 Å². The third-order valence-electron chi connectivity index (χ3n) is 4.46. The summed E-state index contributed by atoms with van der Waals surface area (Å²) in [5.74, 6) is 0.369. The van der Waals surface area contributed by atoms with E-state index >= 15 is 0 Å². The maximum atomic E-state index is 11.3. The number of ether oxygens (including phenoxy) is 1. The minimum atomic E-state index is -0.208. The molecule has 0 saturated heterocycles. The molecule has 0 atom stereocenters. The zero-order chi connectivity index (χ0) is 20.2. The van der Waals surface area contributed by atoms with Crippen LogP contribution in [0.25, 0.3) is 22.6 Å². The topological polar surface area (TPSA) is 52.3 Å². The number of carbonyl (C=O) groups excluding carboxylic acids is 1. The monoisotopic (exact) mass is 423 g/mol. The molecule has 1 heterocycles. The average molecular weight is 424 g/mol. The van der Waals surface area contributed by atoms with Crippen LogP contribution in [0.15, 0.2) is 80.9 Å². The van der Waals surface area contributed by atoms with E-state index in [1.54, 1.807) is 11.8 Å². The van der Waals surface area contributed by atoms with E-state index in [4.69, 9.17) is 16.0 Å². The second kappa shape index (κ2) is 8.72. The number of esters is 1. The van der Waals surface area contributed by atoms with Crippen molar-refractivity contribution in [2.75, 3.05) is 7.11 Å². The molecule has 146 valence electrons. The second-order valence-electron chi connectivity index (χ2n) is 6.48. The number of carbonyl (C=O) groups is 1. The molecule has 0 radical (unpaired) electrons. The van der Waals surface area contributed by atoms with E-state index in [0.29, 0.717) is 18.7 Å². The highest BCUT2D eigenvalue weighted by molar-refractivity contribution is 7.99. The molecule has 0 aliphatic carbocycles. The molecular weight excluding hydrogens is 406 g/mol. The van der Waals surface area contributed by atoms with Crippen LogP contribution in [-0.4, -0.2) is 18.1 Å². The lowest BCUT2D eigenvalue weighted by Gasteiger charge is -2.01. The third-order valence-corrected chi connectivity index (χ3v) is 5.71. The fourth-order valence-corrected chi connectivity index (χ4v) is 3.87. The first-order valence-electron chi connectivity index (χ1n) is 9.11. The Morgan fingerprint density at radius 2 is 1.76 bits per heavy atom. The number of oxazole rings is 1. The Hall–Kier alpha value is -2.76. The van der Waals surface area contributed by atoms with Gasteiger partial charge in [0.15, 0.2) is 5.58 Å². The first-order chi connectivity index (χ1) is 14.1. The smallest absolute Gasteiger partial charge is 0.305 e. The summed E-state index contributed by atoms with van der Waals surface area (Å²) in [6, 6.07) is 21.6. The van der Waals surface area contributed by atoms with Gasteiger partial charge >= 0.3 is 5.97 Å². The van der Waals surface area contributed by atoms with Gasteiger partial charge in [0.2, 0.25) is 5.89 Å². The number of nitrogens with zero attached hydrogens (tertiary/aromatic N) is 1. The number of benzene rings is 3. The number of hydrogen-bond donors (Lipinski definition) is 0. The number of rotatable bonds is 6. The van der Waals surface area contributed by atoms with Crippen LogP contribution in [0.3, 0.4) is 0 Å². The van der Waals surface area contributed by atoms with Gasteiger partial charge in [-0.2, -0.15) is 0 Å². The van der Waals surface area contributed by atoms with Crippen molar-refractivity contribution < 1.29 is 13.9 Å². The highest BCUT2D eigenvalue weighted by Crippen LogP contribution is 2.32. The van der Waals surface area contributed by atoms with Crippen molar-refractivity contribution in [3.05, 3.63) is 77.3 Å². The van der Waals surface area contributed by atoms with Crippen LogP contribution in [0.4, 0.5) is 0 Å². The van der Waals surface area contributed by atoms with Crippen molar-refractivity contribution in [2.24, 2.45) is 0 Å². The Morgan fingerprint density at radius 3 is 2.48 bits per heavy atom. The highest BCUT2D eigenvalue weighted by Gasteiger charge is 2.10. The van der Waals surface area contributed by atoms with E-state index in [9.17, 15) is 4.79 Å². The fourth-order valence-electron chi connectivity index (χ4n) is 2.89. The summed E-state index contributed by atoms with van der Waals surface area (Å²) in [5.41, 5.74) is 3.52. The Balaban J connectivity index is 1.51. The first kappa shape index (κ1) is 19.6. The molecule has 0 aliphatic heterocycles. The molecule has 0 spiro atoms. The van der Waals surface area contributed by atoms with Crippen LogP contribution in [-0.2, 0) is 16.0 Å².